The van der Waals surface area contributed by atoms with E-state index in [0.717, 1.165) is 36.7 Å². The summed E-state index contributed by atoms with van der Waals surface area (Å²) in [6.45, 7) is 7.45. The number of hydrogen-bond acceptors (Lipinski definition) is 6. The van der Waals surface area contributed by atoms with Crippen LogP contribution >= 0.6 is 0 Å². The molecule has 8 heteroatoms. The molecule has 1 N–H and O–H groups in total. The van der Waals surface area contributed by atoms with Gasteiger partial charge >= 0.3 is 5.97 Å². The molecule has 154 valence electrons. The second kappa shape index (κ2) is 7.79. The lowest BCUT2D eigenvalue weighted by Gasteiger charge is -2.34. The number of piperazine rings is 1. The smallest absolute Gasteiger partial charge is 0.339 e. The zero-order valence-electron chi connectivity index (χ0n) is 16.9. The summed E-state index contributed by atoms with van der Waals surface area (Å²) in [4.78, 5) is 32.2. The molecular formula is C21H25N3O5. The van der Waals surface area contributed by atoms with Crippen LogP contribution < -0.4 is 9.47 Å². The summed E-state index contributed by atoms with van der Waals surface area (Å²) in [5, 5.41) is 0. The number of benzene rings is 1. The van der Waals surface area contributed by atoms with Gasteiger partial charge in [0.2, 0.25) is 6.79 Å². The highest BCUT2D eigenvalue weighted by atomic mass is 16.7. The van der Waals surface area contributed by atoms with Crippen LogP contribution in [0.25, 0.3) is 0 Å². The molecule has 1 aromatic carbocycles. The Morgan fingerprint density at radius 1 is 1.10 bits per heavy atom. The molecule has 0 spiro atoms. The molecule has 0 radical (unpaired) electrons. The topological polar surface area (TPSA) is 84.1 Å². The van der Waals surface area contributed by atoms with E-state index in [1.54, 1.807) is 13.8 Å². The SMILES string of the molecule is COC(=O)c1c(C)[nH]c(C(=O)N2CCN(Cc3ccc4c(c3)OCO4)CC2)c1C. The van der Waals surface area contributed by atoms with E-state index in [1.165, 1.54) is 7.11 Å². The minimum absolute atomic E-state index is 0.0801. The number of methoxy groups -OCH3 is 1. The van der Waals surface area contributed by atoms with Crippen molar-refractivity contribution in [2.45, 2.75) is 20.4 Å². The fourth-order valence-electron chi connectivity index (χ4n) is 3.94. The normalized spacial score (nSPS) is 16.2. The number of esters is 1. The number of aromatic nitrogens is 1. The fourth-order valence-corrected chi connectivity index (χ4v) is 3.94. The number of aryl methyl sites for hydroxylation is 1. The van der Waals surface area contributed by atoms with Crippen molar-refractivity contribution in [2.24, 2.45) is 0 Å². The third kappa shape index (κ3) is 3.67. The zero-order valence-corrected chi connectivity index (χ0v) is 16.9. The van der Waals surface area contributed by atoms with Gasteiger partial charge in [0.1, 0.15) is 5.69 Å². The summed E-state index contributed by atoms with van der Waals surface area (Å²) < 4.78 is 15.6. The van der Waals surface area contributed by atoms with Gasteiger partial charge in [0, 0.05) is 38.4 Å². The van der Waals surface area contributed by atoms with E-state index in [9.17, 15) is 9.59 Å². The van der Waals surface area contributed by atoms with Crippen molar-refractivity contribution < 1.29 is 23.8 Å². The molecule has 8 nitrogen and oxygen atoms in total. The van der Waals surface area contributed by atoms with Crippen molar-refractivity contribution in [3.8, 4) is 11.5 Å². The minimum atomic E-state index is -0.427. The van der Waals surface area contributed by atoms with E-state index in [2.05, 4.69) is 9.88 Å². The first-order valence-corrected chi connectivity index (χ1v) is 9.65. The second-order valence-electron chi connectivity index (χ2n) is 7.37. The van der Waals surface area contributed by atoms with Crippen LogP contribution in [0.5, 0.6) is 11.5 Å². The monoisotopic (exact) mass is 399 g/mol. The van der Waals surface area contributed by atoms with Crippen molar-refractivity contribution >= 4 is 11.9 Å². The van der Waals surface area contributed by atoms with Gasteiger partial charge in [0.25, 0.3) is 5.91 Å². The first-order chi connectivity index (χ1) is 14.0. The summed E-state index contributed by atoms with van der Waals surface area (Å²) in [6, 6.07) is 6.00. The quantitative estimate of drug-likeness (QED) is 0.793. The molecule has 1 aromatic heterocycles. The summed E-state index contributed by atoms with van der Waals surface area (Å²) >= 11 is 0. The van der Waals surface area contributed by atoms with E-state index < -0.39 is 5.97 Å². The van der Waals surface area contributed by atoms with Gasteiger partial charge in [-0.15, -0.1) is 0 Å². The number of nitrogens with one attached hydrogen (secondary N) is 1. The van der Waals surface area contributed by atoms with Crippen molar-refractivity contribution in [3.05, 3.63) is 46.3 Å². The number of aromatic amines is 1. The molecule has 2 aliphatic heterocycles. The molecule has 0 unspecified atom stereocenters. The molecule has 0 bridgehead atoms. The Labute approximate surface area is 169 Å². The maximum atomic E-state index is 13.0. The number of amides is 1. The third-order valence-electron chi connectivity index (χ3n) is 5.54. The molecule has 4 rings (SSSR count). The maximum absolute atomic E-state index is 13.0. The zero-order chi connectivity index (χ0) is 20.5. The average molecular weight is 399 g/mol. The fraction of sp³-hybridized carbons (Fsp3) is 0.429. The van der Waals surface area contributed by atoms with E-state index in [0.29, 0.717) is 35.6 Å². The van der Waals surface area contributed by atoms with E-state index >= 15 is 0 Å². The van der Waals surface area contributed by atoms with Gasteiger partial charge < -0.3 is 24.1 Å². The van der Waals surface area contributed by atoms with Crippen LogP contribution in [0.2, 0.25) is 0 Å². The summed E-state index contributed by atoms with van der Waals surface area (Å²) in [5.41, 5.74) is 3.36. The van der Waals surface area contributed by atoms with Gasteiger partial charge in [-0.1, -0.05) is 6.07 Å². The predicted molar refractivity (Wildman–Crippen MR) is 105 cm³/mol. The number of carbonyl (C=O) groups is 2. The van der Waals surface area contributed by atoms with E-state index in [1.807, 2.05) is 23.1 Å². The molecule has 2 aliphatic rings. The van der Waals surface area contributed by atoms with Crippen LogP contribution in [0, 0.1) is 13.8 Å². The molecular weight excluding hydrogens is 374 g/mol. The highest BCUT2D eigenvalue weighted by Crippen LogP contribution is 2.33. The molecule has 1 saturated heterocycles. The number of fused-ring (bicyclic) bond motifs is 1. The average Bonchev–Trinajstić information content (AvgIpc) is 3.31. The largest absolute Gasteiger partial charge is 0.465 e. The molecule has 0 aliphatic carbocycles. The Morgan fingerprint density at radius 2 is 1.83 bits per heavy atom. The lowest BCUT2D eigenvalue weighted by molar-refractivity contribution is 0.0599. The highest BCUT2D eigenvalue weighted by molar-refractivity contribution is 6.00. The second-order valence-corrected chi connectivity index (χ2v) is 7.37. The Kier molecular flexibility index (Phi) is 5.19. The Bertz CT molecular complexity index is 944. The summed E-state index contributed by atoms with van der Waals surface area (Å²) in [6.07, 6.45) is 0. The predicted octanol–water partition coefficient (Wildman–Crippen LogP) is 2.10. The third-order valence-corrected chi connectivity index (χ3v) is 5.54. The van der Waals surface area contributed by atoms with Gasteiger partial charge in [0.15, 0.2) is 11.5 Å². The molecule has 1 amide bonds. The molecule has 2 aromatic rings. The maximum Gasteiger partial charge on any atom is 0.339 e. The summed E-state index contributed by atoms with van der Waals surface area (Å²) in [5.74, 6) is 1.06. The Balaban J connectivity index is 1.38. The molecule has 0 saturated carbocycles. The standard InChI is InChI=1S/C21H25N3O5/c1-13-18(21(26)27-3)14(2)22-19(13)20(25)24-8-6-23(7-9-24)11-15-4-5-16-17(10-15)29-12-28-16/h4-5,10,22H,6-9,11-12H2,1-3H3. The Hall–Kier alpha value is -3.00. The van der Waals surface area contributed by atoms with Crippen LogP contribution in [0.1, 0.15) is 37.7 Å². The van der Waals surface area contributed by atoms with Gasteiger partial charge in [-0.2, -0.15) is 0 Å². The van der Waals surface area contributed by atoms with Crippen molar-refractivity contribution in [3.63, 3.8) is 0 Å². The first-order valence-electron chi connectivity index (χ1n) is 9.65. The van der Waals surface area contributed by atoms with Gasteiger partial charge in [-0.05, 0) is 37.1 Å². The molecule has 29 heavy (non-hydrogen) atoms. The van der Waals surface area contributed by atoms with Crippen LogP contribution in [-0.2, 0) is 11.3 Å². The lowest BCUT2D eigenvalue weighted by atomic mass is 10.1. The van der Waals surface area contributed by atoms with Crippen LogP contribution in [0.4, 0.5) is 0 Å². The van der Waals surface area contributed by atoms with Gasteiger partial charge in [-0.3, -0.25) is 9.69 Å². The first kappa shape index (κ1) is 19.3. The van der Waals surface area contributed by atoms with Crippen LogP contribution in [0.15, 0.2) is 18.2 Å². The number of rotatable bonds is 4. The number of ether oxygens (including phenoxy) is 3. The molecule has 0 atom stereocenters. The highest BCUT2D eigenvalue weighted by Gasteiger charge is 2.28. The molecule has 1 fully saturated rings. The van der Waals surface area contributed by atoms with Crippen LogP contribution in [0.3, 0.4) is 0 Å². The van der Waals surface area contributed by atoms with Gasteiger partial charge in [0.05, 0.1) is 12.7 Å². The number of nitrogens with zero attached hydrogens (tertiary/aromatic N) is 2. The Morgan fingerprint density at radius 3 is 2.55 bits per heavy atom. The number of H-pyrrole nitrogens is 1. The molecule has 3 heterocycles. The van der Waals surface area contributed by atoms with Gasteiger partial charge in [-0.25, -0.2) is 4.79 Å². The lowest BCUT2D eigenvalue weighted by Crippen LogP contribution is -2.48. The van der Waals surface area contributed by atoms with E-state index in [-0.39, 0.29) is 12.7 Å². The number of hydrogen-bond donors (Lipinski definition) is 1. The number of carbonyl (C=O) groups excluding carboxylic acids is 2. The minimum Gasteiger partial charge on any atom is -0.465 e. The van der Waals surface area contributed by atoms with Crippen LogP contribution in [-0.4, -0.2) is 66.7 Å². The van der Waals surface area contributed by atoms with Crippen molar-refractivity contribution in [2.75, 3.05) is 40.1 Å². The van der Waals surface area contributed by atoms with Crippen molar-refractivity contribution in [1.82, 2.24) is 14.8 Å². The summed E-state index contributed by atoms with van der Waals surface area (Å²) in [7, 11) is 1.34. The van der Waals surface area contributed by atoms with E-state index in [4.69, 9.17) is 14.2 Å². The van der Waals surface area contributed by atoms with Crippen molar-refractivity contribution in [1.29, 1.82) is 0 Å².